The molecule has 57 heavy (non-hydrogen) atoms. The highest BCUT2D eigenvalue weighted by Crippen LogP contribution is 2.46. The van der Waals surface area contributed by atoms with Crippen molar-refractivity contribution in [3.63, 3.8) is 0 Å². The lowest BCUT2D eigenvalue weighted by Crippen LogP contribution is -2.48. The largest absolute Gasteiger partial charge is 0.444 e. The summed E-state index contributed by atoms with van der Waals surface area (Å²) in [4.78, 5) is 27.4. The second-order valence-electron chi connectivity index (χ2n) is 19.2. The summed E-state index contributed by atoms with van der Waals surface area (Å²) in [5, 5.41) is 4.86. The second kappa shape index (κ2) is 16.9. The summed E-state index contributed by atoms with van der Waals surface area (Å²) in [6.07, 6.45) is 7.27. The minimum absolute atomic E-state index is 0.0949. The number of carbonyl (C=O) groups excluding carboxylic acids is 1. The van der Waals surface area contributed by atoms with Crippen LogP contribution in [0.25, 0.3) is 28.0 Å². The van der Waals surface area contributed by atoms with Crippen LogP contribution in [0.3, 0.4) is 0 Å². The summed E-state index contributed by atoms with van der Waals surface area (Å²) in [6.45, 7) is 20.8. The Morgan fingerprint density at radius 1 is 0.860 bits per heavy atom. The molecule has 5 heterocycles. The Morgan fingerprint density at radius 3 is 1.96 bits per heavy atom. The first-order valence-corrected chi connectivity index (χ1v) is 29.5. The van der Waals surface area contributed by atoms with Gasteiger partial charge < -0.3 is 24.0 Å². The lowest BCUT2D eigenvalue weighted by Gasteiger charge is -2.40. The molecule has 4 aromatic rings. The van der Waals surface area contributed by atoms with Crippen molar-refractivity contribution < 1.29 is 27.4 Å². The normalized spacial score (nSPS) is 19.0. The van der Waals surface area contributed by atoms with E-state index in [1.807, 2.05) is 79.2 Å². The first kappa shape index (κ1) is 43.0. The van der Waals surface area contributed by atoms with E-state index in [1.165, 1.54) is 6.26 Å². The lowest BCUT2D eigenvalue weighted by molar-refractivity contribution is 0.00557. The molecule has 310 valence electrons. The van der Waals surface area contributed by atoms with Crippen molar-refractivity contribution in [1.82, 2.24) is 24.5 Å². The standard InChI is InChI=1S/C42H62N6O6SSi2/c1-42(2,3)54-41(49)47-33-17-18-34(47)25-32(24-33)37-38(55(4,50)51)40(46(28-52-20-22-56(5,6)7)29-53-21-23-57(8,9)10)48-39(45-37)35(27-44-48)31-16-19-36(43-26-31)30-14-12-11-13-15-30/h11-16,19,26-27,32-34H,17-18,20-25,28-29H2,1-10H3/t32?,33-,34?/m1/s1. The van der Waals surface area contributed by atoms with Gasteiger partial charge in [0.05, 0.1) is 17.6 Å². The zero-order valence-electron chi connectivity index (χ0n) is 35.5. The number of pyridine rings is 1. The Morgan fingerprint density at radius 2 is 1.46 bits per heavy atom. The van der Waals surface area contributed by atoms with Crippen LogP contribution < -0.4 is 4.90 Å². The number of carbonyl (C=O) groups is 1. The van der Waals surface area contributed by atoms with Crippen LogP contribution in [0, 0.1) is 0 Å². The van der Waals surface area contributed by atoms with Gasteiger partial charge in [-0.1, -0.05) is 75.7 Å². The molecule has 6 rings (SSSR count). The quantitative estimate of drug-likeness (QED) is 0.0651. The van der Waals surface area contributed by atoms with Crippen molar-refractivity contribution in [3.05, 3.63) is 60.6 Å². The number of benzene rings is 1. The molecule has 12 nitrogen and oxygen atoms in total. The van der Waals surface area contributed by atoms with Gasteiger partial charge in [0.15, 0.2) is 21.3 Å². The van der Waals surface area contributed by atoms with Gasteiger partial charge in [0.1, 0.15) is 24.0 Å². The number of aromatic nitrogens is 4. The maximum absolute atomic E-state index is 14.3. The number of hydrogen-bond acceptors (Lipinski definition) is 10. The number of anilines is 1. The first-order valence-electron chi connectivity index (χ1n) is 20.2. The Bertz CT molecular complexity index is 2090. The summed E-state index contributed by atoms with van der Waals surface area (Å²) < 4.78 is 48.8. The maximum Gasteiger partial charge on any atom is 0.410 e. The van der Waals surface area contributed by atoms with Crippen LogP contribution in [0.1, 0.15) is 58.1 Å². The van der Waals surface area contributed by atoms with Crippen LogP contribution in [0.4, 0.5) is 10.6 Å². The van der Waals surface area contributed by atoms with Gasteiger partial charge in [0.25, 0.3) is 0 Å². The minimum atomic E-state index is -3.90. The van der Waals surface area contributed by atoms with Crippen molar-refractivity contribution in [2.75, 3.05) is 37.8 Å². The van der Waals surface area contributed by atoms with Crippen LogP contribution in [-0.2, 0) is 24.0 Å². The molecular formula is C42H62N6O6SSi2. The van der Waals surface area contributed by atoms with E-state index >= 15 is 0 Å². The van der Waals surface area contributed by atoms with Gasteiger partial charge in [-0.15, -0.1) is 0 Å². The zero-order valence-corrected chi connectivity index (χ0v) is 38.4. The van der Waals surface area contributed by atoms with E-state index < -0.39 is 31.6 Å². The second-order valence-corrected chi connectivity index (χ2v) is 32.4. The zero-order chi connectivity index (χ0) is 41.3. The van der Waals surface area contributed by atoms with E-state index in [9.17, 15) is 13.2 Å². The van der Waals surface area contributed by atoms with Crippen LogP contribution in [-0.4, -0.2) is 106 Å². The highest BCUT2D eigenvalue weighted by molar-refractivity contribution is 7.91. The number of ether oxygens (including phenoxy) is 3. The molecule has 1 aromatic carbocycles. The summed E-state index contributed by atoms with van der Waals surface area (Å²) in [7, 11) is -6.71. The molecule has 0 saturated carbocycles. The minimum Gasteiger partial charge on any atom is -0.444 e. The third kappa shape index (κ3) is 10.7. The van der Waals surface area contributed by atoms with Crippen molar-refractivity contribution >= 4 is 43.5 Å². The summed E-state index contributed by atoms with van der Waals surface area (Å²) in [5.41, 5.74) is 3.79. The molecule has 2 unspecified atom stereocenters. The molecule has 2 aliphatic rings. The molecule has 2 fully saturated rings. The van der Waals surface area contributed by atoms with E-state index in [0.29, 0.717) is 43.2 Å². The number of rotatable bonds is 15. The fourth-order valence-electron chi connectivity index (χ4n) is 7.71. The third-order valence-electron chi connectivity index (χ3n) is 10.6. The topological polar surface area (TPSA) is 128 Å². The van der Waals surface area contributed by atoms with Gasteiger partial charge in [-0.2, -0.15) is 9.61 Å². The molecule has 15 heteroatoms. The summed E-state index contributed by atoms with van der Waals surface area (Å²) >= 11 is 0. The highest BCUT2D eigenvalue weighted by Gasteiger charge is 2.47. The molecule has 2 aliphatic heterocycles. The number of amides is 1. The Kier molecular flexibility index (Phi) is 12.7. The third-order valence-corrected chi connectivity index (χ3v) is 15.2. The van der Waals surface area contributed by atoms with Gasteiger partial charge in [0.2, 0.25) is 0 Å². The number of fused-ring (bicyclic) bond motifs is 3. The van der Waals surface area contributed by atoms with Crippen LogP contribution in [0.2, 0.25) is 51.4 Å². The van der Waals surface area contributed by atoms with E-state index in [-0.39, 0.29) is 42.5 Å². The van der Waals surface area contributed by atoms with E-state index in [0.717, 1.165) is 47.3 Å². The van der Waals surface area contributed by atoms with Gasteiger partial charge >= 0.3 is 6.09 Å². The van der Waals surface area contributed by atoms with Crippen molar-refractivity contribution in [1.29, 1.82) is 0 Å². The number of piperidine rings is 1. The average Bonchev–Trinajstić information content (AvgIpc) is 3.66. The first-order chi connectivity index (χ1) is 26.7. The van der Waals surface area contributed by atoms with Gasteiger partial charge in [-0.3, -0.25) is 4.98 Å². The number of nitrogens with zero attached hydrogens (tertiary/aromatic N) is 6. The van der Waals surface area contributed by atoms with Crippen molar-refractivity contribution in [3.8, 4) is 22.4 Å². The molecule has 3 aromatic heterocycles. The maximum atomic E-state index is 14.3. The predicted octanol–water partition coefficient (Wildman–Crippen LogP) is 8.94. The molecule has 1 amide bonds. The number of hydrogen-bond donors (Lipinski definition) is 0. The van der Waals surface area contributed by atoms with Gasteiger partial charge in [-0.05, 0) is 64.6 Å². The Balaban J connectivity index is 1.48. The van der Waals surface area contributed by atoms with Crippen LogP contribution in [0.5, 0.6) is 0 Å². The van der Waals surface area contributed by atoms with E-state index in [4.69, 9.17) is 29.3 Å². The lowest BCUT2D eigenvalue weighted by atomic mass is 9.88. The molecular weight excluding hydrogens is 773 g/mol. The Hall–Kier alpha value is -3.64. The van der Waals surface area contributed by atoms with E-state index in [2.05, 4.69) is 39.3 Å². The summed E-state index contributed by atoms with van der Waals surface area (Å²) in [6, 6.07) is 15.7. The van der Waals surface area contributed by atoms with Crippen LogP contribution in [0.15, 0.2) is 59.8 Å². The highest BCUT2D eigenvalue weighted by atomic mass is 32.2. The monoisotopic (exact) mass is 834 g/mol. The molecule has 2 bridgehead atoms. The van der Waals surface area contributed by atoms with Gasteiger partial charge in [0, 0.05) is 76.5 Å². The van der Waals surface area contributed by atoms with Gasteiger partial charge in [-0.25, -0.2) is 18.2 Å². The molecule has 3 atom stereocenters. The fourth-order valence-corrected chi connectivity index (χ4v) is 10.4. The average molecular weight is 835 g/mol. The smallest absolute Gasteiger partial charge is 0.410 e. The number of sulfone groups is 1. The molecule has 0 radical (unpaired) electrons. The van der Waals surface area contributed by atoms with Crippen LogP contribution >= 0.6 is 0 Å². The van der Waals surface area contributed by atoms with E-state index in [1.54, 1.807) is 10.7 Å². The summed E-state index contributed by atoms with van der Waals surface area (Å²) in [5.74, 6) is 0.138. The SMILES string of the molecule is CC(C)(C)OC(=O)N1C2CC[C@@H]1CC(c1nc3c(-c4ccc(-c5ccccc5)nc4)cnn3c(N(COCC[Si](C)(C)C)COCC[Si](C)(C)C)c1S(C)(=O)=O)C2. The predicted molar refractivity (Wildman–Crippen MR) is 232 cm³/mol. The molecule has 2 saturated heterocycles. The molecule has 0 N–H and O–H groups in total. The van der Waals surface area contributed by atoms with Crippen molar-refractivity contribution in [2.45, 2.75) is 126 Å². The molecule has 0 spiro atoms. The van der Waals surface area contributed by atoms with Crippen molar-refractivity contribution in [2.24, 2.45) is 0 Å². The fraction of sp³-hybridized carbons (Fsp3) is 0.571. The molecule has 0 aliphatic carbocycles. The Labute approximate surface area is 341 Å².